The Morgan fingerprint density at radius 3 is 2.55 bits per heavy atom. The van der Waals surface area contributed by atoms with E-state index in [1.165, 1.54) is 17.4 Å². The van der Waals surface area contributed by atoms with Crippen molar-refractivity contribution in [3.63, 3.8) is 0 Å². The number of likely N-dealkylation sites (N-methyl/N-ethyl adjacent to an activating group) is 1. The van der Waals surface area contributed by atoms with Gasteiger partial charge in [-0.3, -0.25) is 0 Å². The van der Waals surface area contributed by atoms with Crippen molar-refractivity contribution in [1.82, 2.24) is 4.31 Å². The first-order valence-corrected chi connectivity index (χ1v) is 8.69. The first-order chi connectivity index (χ1) is 10.2. The highest BCUT2D eigenvalue weighted by Gasteiger charge is 2.28. The molecule has 2 atom stereocenters. The molecule has 0 aliphatic heterocycles. The van der Waals surface area contributed by atoms with Crippen LogP contribution >= 0.6 is 11.6 Å². The van der Waals surface area contributed by atoms with Gasteiger partial charge in [-0.05, 0) is 32.0 Å². The van der Waals surface area contributed by atoms with Crippen LogP contribution in [-0.4, -0.2) is 52.2 Å². The second-order valence-electron chi connectivity index (χ2n) is 5.08. The molecule has 6 nitrogen and oxygen atoms in total. The lowest BCUT2D eigenvalue weighted by Gasteiger charge is -2.25. The predicted molar refractivity (Wildman–Crippen MR) is 86.9 cm³/mol. The van der Waals surface area contributed by atoms with Crippen LogP contribution in [0.4, 0.5) is 0 Å². The molecule has 0 amide bonds. The minimum absolute atomic E-state index is 0.0192. The van der Waals surface area contributed by atoms with Gasteiger partial charge in [0.25, 0.3) is 0 Å². The van der Waals surface area contributed by atoms with Crippen LogP contribution in [0, 0.1) is 0 Å². The predicted octanol–water partition coefficient (Wildman–Crippen LogP) is 1.72. The molecule has 0 radical (unpaired) electrons. The average Bonchev–Trinajstić information content (AvgIpc) is 2.47. The lowest BCUT2D eigenvalue weighted by Crippen LogP contribution is -2.39. The Morgan fingerprint density at radius 1 is 1.36 bits per heavy atom. The number of hydrogen-bond donors (Lipinski definition) is 1. The van der Waals surface area contributed by atoms with Crippen molar-refractivity contribution in [3.8, 4) is 5.75 Å². The van der Waals surface area contributed by atoms with Crippen LogP contribution in [0.1, 0.15) is 13.8 Å². The van der Waals surface area contributed by atoms with Crippen LogP contribution in [0.25, 0.3) is 0 Å². The van der Waals surface area contributed by atoms with Gasteiger partial charge in [-0.1, -0.05) is 11.6 Å². The average molecular weight is 351 g/mol. The first-order valence-electron chi connectivity index (χ1n) is 6.87. The minimum Gasteiger partial charge on any atom is -0.487 e. The van der Waals surface area contributed by atoms with Crippen molar-refractivity contribution in [2.75, 3.05) is 27.3 Å². The zero-order chi connectivity index (χ0) is 16.9. The maximum Gasteiger partial charge on any atom is 0.246 e. The van der Waals surface area contributed by atoms with Crippen LogP contribution in [0.3, 0.4) is 0 Å². The maximum absolute atomic E-state index is 12.7. The summed E-state index contributed by atoms with van der Waals surface area (Å²) in [7, 11) is -0.727. The number of rotatable bonds is 8. The first kappa shape index (κ1) is 19.2. The van der Waals surface area contributed by atoms with Crippen molar-refractivity contribution >= 4 is 21.6 Å². The normalized spacial score (nSPS) is 14.9. The lowest BCUT2D eigenvalue weighted by atomic mass is 10.3. The van der Waals surface area contributed by atoms with E-state index >= 15 is 0 Å². The van der Waals surface area contributed by atoms with E-state index in [-0.39, 0.29) is 29.3 Å². The van der Waals surface area contributed by atoms with Gasteiger partial charge < -0.3 is 15.2 Å². The fourth-order valence-electron chi connectivity index (χ4n) is 1.81. The van der Waals surface area contributed by atoms with Gasteiger partial charge in [0.1, 0.15) is 16.7 Å². The number of ether oxygens (including phenoxy) is 2. The molecule has 126 valence electrons. The summed E-state index contributed by atoms with van der Waals surface area (Å²) in [4.78, 5) is 0.0192. The van der Waals surface area contributed by atoms with E-state index in [1.54, 1.807) is 33.1 Å². The van der Waals surface area contributed by atoms with Gasteiger partial charge in [0.05, 0.1) is 6.61 Å². The summed E-state index contributed by atoms with van der Waals surface area (Å²) in [6.45, 7) is 4.08. The fraction of sp³-hybridized carbons (Fsp3) is 0.571. The molecule has 2 unspecified atom stereocenters. The van der Waals surface area contributed by atoms with Gasteiger partial charge >= 0.3 is 0 Å². The smallest absolute Gasteiger partial charge is 0.246 e. The van der Waals surface area contributed by atoms with Gasteiger partial charge in [-0.2, -0.15) is 4.31 Å². The molecule has 22 heavy (non-hydrogen) atoms. The number of benzene rings is 1. The summed E-state index contributed by atoms with van der Waals surface area (Å²) in [5.74, 6) is 0.241. The summed E-state index contributed by atoms with van der Waals surface area (Å²) >= 11 is 5.95. The summed E-state index contributed by atoms with van der Waals surface area (Å²) in [6, 6.07) is 4.17. The number of nitrogens with two attached hydrogens (primary N) is 1. The largest absolute Gasteiger partial charge is 0.487 e. The van der Waals surface area contributed by atoms with Crippen LogP contribution in [0.5, 0.6) is 5.75 Å². The topological polar surface area (TPSA) is 81.9 Å². The Hall–Kier alpha value is -0.860. The highest BCUT2D eigenvalue weighted by Crippen LogP contribution is 2.30. The van der Waals surface area contributed by atoms with E-state index < -0.39 is 10.0 Å². The van der Waals surface area contributed by atoms with E-state index in [1.807, 2.05) is 0 Å². The van der Waals surface area contributed by atoms with Crippen molar-refractivity contribution < 1.29 is 17.9 Å². The van der Waals surface area contributed by atoms with Gasteiger partial charge in [0, 0.05) is 31.8 Å². The third kappa shape index (κ3) is 4.57. The van der Waals surface area contributed by atoms with Crippen molar-refractivity contribution in [2.24, 2.45) is 5.73 Å². The zero-order valence-electron chi connectivity index (χ0n) is 13.2. The van der Waals surface area contributed by atoms with Crippen molar-refractivity contribution in [3.05, 3.63) is 23.2 Å². The molecule has 0 saturated heterocycles. The number of halogens is 1. The Labute approximate surface area is 137 Å². The van der Waals surface area contributed by atoms with Crippen molar-refractivity contribution in [2.45, 2.75) is 30.9 Å². The standard InChI is InChI=1S/C14H23ClN2O4S/c1-10(8-16)17(3)22(18,19)14-7-12(15)5-6-13(14)21-11(2)9-20-4/h5-7,10-11H,8-9,16H2,1-4H3. The second-order valence-corrected chi connectivity index (χ2v) is 7.48. The molecule has 0 fully saturated rings. The highest BCUT2D eigenvalue weighted by atomic mass is 35.5. The van der Waals surface area contributed by atoms with E-state index in [9.17, 15) is 8.42 Å². The van der Waals surface area contributed by atoms with Crippen molar-refractivity contribution in [1.29, 1.82) is 0 Å². The molecule has 0 saturated carbocycles. The van der Waals surface area contributed by atoms with Gasteiger partial charge in [0.2, 0.25) is 10.0 Å². The number of methoxy groups -OCH3 is 1. The third-order valence-corrected chi connectivity index (χ3v) is 5.48. The molecule has 0 bridgehead atoms. The van der Waals surface area contributed by atoms with Gasteiger partial charge in [-0.15, -0.1) is 0 Å². The summed E-state index contributed by atoms with van der Waals surface area (Å²) in [6.07, 6.45) is -0.294. The molecule has 8 heteroatoms. The zero-order valence-corrected chi connectivity index (χ0v) is 14.8. The maximum atomic E-state index is 12.7. The van der Waals surface area contributed by atoms with E-state index in [0.29, 0.717) is 11.6 Å². The SMILES string of the molecule is COCC(C)Oc1ccc(Cl)cc1S(=O)(=O)N(C)C(C)CN. The van der Waals surface area contributed by atoms with Crippen LogP contribution < -0.4 is 10.5 Å². The molecule has 1 aromatic rings. The molecule has 2 N–H and O–H groups in total. The number of sulfonamides is 1. The van der Waals surface area contributed by atoms with Crippen LogP contribution in [0.15, 0.2) is 23.1 Å². The Bertz CT molecular complexity index is 595. The molecule has 0 spiro atoms. The third-order valence-electron chi connectivity index (χ3n) is 3.25. The Morgan fingerprint density at radius 2 is 2.00 bits per heavy atom. The quantitative estimate of drug-likeness (QED) is 0.772. The monoisotopic (exact) mass is 350 g/mol. The molecule has 0 aliphatic carbocycles. The van der Waals surface area contributed by atoms with E-state index in [4.69, 9.17) is 26.8 Å². The molecule has 0 heterocycles. The fourth-order valence-corrected chi connectivity index (χ4v) is 3.56. The van der Waals surface area contributed by atoms with E-state index in [2.05, 4.69) is 0 Å². The molecular weight excluding hydrogens is 328 g/mol. The summed E-state index contributed by atoms with van der Waals surface area (Å²) < 4.78 is 37.4. The van der Waals surface area contributed by atoms with Gasteiger partial charge in [-0.25, -0.2) is 8.42 Å². The molecule has 0 aromatic heterocycles. The Kier molecular flexibility index (Phi) is 7.08. The second kappa shape index (κ2) is 8.12. The van der Waals surface area contributed by atoms with Crippen LogP contribution in [-0.2, 0) is 14.8 Å². The Balaban J connectivity index is 3.24. The summed E-state index contributed by atoms with van der Waals surface area (Å²) in [5, 5.41) is 0.319. The van der Waals surface area contributed by atoms with E-state index in [0.717, 1.165) is 0 Å². The lowest BCUT2D eigenvalue weighted by molar-refractivity contribution is 0.0900. The molecule has 1 aromatic carbocycles. The van der Waals surface area contributed by atoms with Crippen LogP contribution in [0.2, 0.25) is 5.02 Å². The number of hydrogen-bond acceptors (Lipinski definition) is 5. The highest BCUT2D eigenvalue weighted by molar-refractivity contribution is 7.89. The molecule has 0 aliphatic rings. The molecule has 1 rings (SSSR count). The minimum atomic E-state index is -3.76. The van der Waals surface area contributed by atoms with Gasteiger partial charge in [0.15, 0.2) is 0 Å². The number of nitrogens with zero attached hydrogens (tertiary/aromatic N) is 1. The summed E-state index contributed by atoms with van der Waals surface area (Å²) in [5.41, 5.74) is 5.56. The molecular formula is C14H23ClN2O4S.